The van der Waals surface area contributed by atoms with Gasteiger partial charge in [-0.1, -0.05) is 312 Å². The van der Waals surface area contributed by atoms with Crippen LogP contribution in [0.3, 0.4) is 0 Å². The number of hydrogen-bond donors (Lipinski definition) is 0. The van der Waals surface area contributed by atoms with Gasteiger partial charge in [0.25, 0.3) is 0 Å². The first-order valence-electron chi connectivity index (χ1n) is 29.6. The maximum atomic E-state index is 14.4. The van der Waals surface area contributed by atoms with Gasteiger partial charge in [0.05, 0.1) is 7.11 Å². The van der Waals surface area contributed by atoms with E-state index in [1.807, 2.05) is 12.1 Å². The van der Waals surface area contributed by atoms with E-state index in [2.05, 4.69) is 240 Å². The molecule has 0 aliphatic heterocycles. The Morgan fingerprint density at radius 2 is 0.632 bits per heavy atom. The average molecular weight is 1140 g/mol. The van der Waals surface area contributed by atoms with Crippen LogP contribution >= 0.6 is 0 Å². The van der Waals surface area contributed by atoms with Gasteiger partial charge in [0.1, 0.15) is 35.5 Å². The monoisotopic (exact) mass is 1140 g/mol. The minimum atomic E-state index is -2.07. The molecule has 0 bridgehead atoms. The van der Waals surface area contributed by atoms with Crippen LogP contribution in [0.2, 0.25) is 0 Å². The quantitative estimate of drug-likeness (QED) is 0.117. The zero-order valence-electron chi connectivity index (χ0n) is 49.6. The summed E-state index contributed by atoms with van der Waals surface area (Å²) in [5, 5.41) is 5.62. The Morgan fingerprint density at radius 1 is 0.310 bits per heavy atom. The van der Waals surface area contributed by atoms with Gasteiger partial charge in [-0.3, -0.25) is 0 Å². The summed E-state index contributed by atoms with van der Waals surface area (Å²) in [5.74, 6) is -0.596. The van der Waals surface area contributed by atoms with Gasteiger partial charge in [-0.15, -0.1) is 0 Å². The topological polar surface area (TPSA) is 9.23 Å². The third kappa shape index (κ3) is 13.8. The van der Waals surface area contributed by atoms with Crippen molar-refractivity contribution in [3.63, 3.8) is 0 Å². The smallest absolute Gasteiger partial charge is 0.120 e. The summed E-state index contributed by atoms with van der Waals surface area (Å²) < 4.78 is 48.4. The molecule has 0 saturated carbocycles. The zero-order valence-corrected chi connectivity index (χ0v) is 49.6. The molecule has 1 nitrogen and oxygen atoms in total. The largest absolute Gasteiger partial charge is 0.497 e. The van der Waals surface area contributed by atoms with Gasteiger partial charge < -0.3 is 4.74 Å². The lowest BCUT2D eigenvalue weighted by Gasteiger charge is -2.44. The first-order valence-corrected chi connectivity index (χ1v) is 29.6. The average Bonchev–Trinajstić information content (AvgIpc) is 2.04. The molecule has 8 heteroatoms. The van der Waals surface area contributed by atoms with Crippen LogP contribution in [-0.2, 0) is 0 Å². The van der Waals surface area contributed by atoms with E-state index in [-0.39, 0.29) is 7.28 Å². The normalized spacial score (nSPS) is 11.1. The summed E-state index contributed by atoms with van der Waals surface area (Å²) in [7, 11) is 1.68. The fourth-order valence-corrected chi connectivity index (χ4v) is 12.6. The molecule has 0 amide bonds. The number of benzene rings is 13. The van der Waals surface area contributed by atoms with Gasteiger partial charge in [0, 0.05) is 7.28 Å². The predicted molar refractivity (Wildman–Crippen MR) is 377 cm³/mol. The van der Waals surface area contributed by atoms with Crippen LogP contribution in [0.5, 0.6) is 5.75 Å². The molecule has 0 spiro atoms. The molecule has 430 valence electrons. The van der Waals surface area contributed by atoms with Crippen molar-refractivity contribution in [2.24, 2.45) is 0 Å². The van der Waals surface area contributed by atoms with Crippen LogP contribution in [0.1, 0.15) is 22.3 Å². The SMILES string of the molecule is COc1ccc([B-](c2cccc(F)c2)(c2cccc(F)c2)c2cccc(F)c2)cc1.Cc1ccc([B-](c2ccc(C)cc2)(c2ccc(C)cc2)c2ccc(C)cc2)cc1.[BH2-](c1ccccc1)c1cccc2ccccc12.[BH3-]c1cccc2ccccc12. The summed E-state index contributed by atoms with van der Waals surface area (Å²) in [6.45, 7) is 8.62. The van der Waals surface area contributed by atoms with Gasteiger partial charge in [-0.25, -0.2) is 29.6 Å². The Bertz CT molecular complexity index is 4060. The second-order valence-electron chi connectivity index (χ2n) is 22.8. The third-order valence-corrected chi connectivity index (χ3v) is 17.0. The molecular formula is C79H71B4F3O-4. The summed E-state index contributed by atoms with van der Waals surface area (Å²) in [6, 6.07) is 104. The van der Waals surface area contributed by atoms with Crippen LogP contribution in [0.15, 0.2) is 309 Å². The molecule has 0 aliphatic rings. The molecule has 0 N–H and O–H groups in total. The number of fused-ring (bicyclic) bond motifs is 2. The highest BCUT2D eigenvalue weighted by Crippen LogP contribution is 2.17. The van der Waals surface area contributed by atoms with Crippen molar-refractivity contribution in [2.75, 3.05) is 7.11 Å². The minimum absolute atomic E-state index is 0.220. The fraction of sp³-hybridized carbons (Fsp3) is 0.0633. The summed E-state index contributed by atoms with van der Waals surface area (Å²) in [6.07, 6.45) is -3.34. The zero-order chi connectivity index (χ0) is 60.8. The van der Waals surface area contributed by atoms with Gasteiger partial charge in [-0.05, 0) is 76.6 Å². The van der Waals surface area contributed by atoms with Crippen molar-refractivity contribution in [2.45, 2.75) is 27.7 Å². The number of halogens is 3. The first-order chi connectivity index (χ1) is 42.3. The fourth-order valence-electron chi connectivity index (χ4n) is 12.6. The van der Waals surface area contributed by atoms with Crippen molar-refractivity contribution in [3.05, 3.63) is 349 Å². The molecule has 87 heavy (non-hydrogen) atoms. The summed E-state index contributed by atoms with van der Waals surface area (Å²) in [4.78, 5) is 0. The van der Waals surface area contributed by atoms with Crippen molar-refractivity contribution >= 4 is 109 Å². The Labute approximate surface area is 513 Å². The minimum Gasteiger partial charge on any atom is -0.497 e. The second kappa shape index (κ2) is 28.0. The predicted octanol–water partition coefficient (Wildman–Crippen LogP) is 10.6. The Balaban J connectivity index is 0.000000136. The number of aryl methyl sites for hydroxylation is 4. The Morgan fingerprint density at radius 3 is 1.02 bits per heavy atom. The van der Waals surface area contributed by atoms with E-state index in [4.69, 9.17) is 4.74 Å². The molecule has 0 heterocycles. The van der Waals surface area contributed by atoms with Crippen LogP contribution in [0.4, 0.5) is 13.2 Å². The summed E-state index contributed by atoms with van der Waals surface area (Å²) >= 11 is 0. The molecule has 13 aromatic carbocycles. The lowest BCUT2D eigenvalue weighted by atomic mass is 9.13. The highest BCUT2D eigenvalue weighted by Gasteiger charge is 2.34. The van der Waals surface area contributed by atoms with Crippen molar-refractivity contribution in [1.82, 2.24) is 0 Å². The molecule has 13 aromatic rings. The van der Waals surface area contributed by atoms with Crippen LogP contribution < -0.4 is 64.8 Å². The lowest BCUT2D eigenvalue weighted by Crippen LogP contribution is -2.75. The highest BCUT2D eigenvalue weighted by atomic mass is 19.1. The van der Waals surface area contributed by atoms with E-state index in [1.54, 1.807) is 61.1 Å². The molecule has 0 aromatic heterocycles. The molecule has 13 rings (SSSR count). The van der Waals surface area contributed by atoms with Crippen molar-refractivity contribution < 1.29 is 17.9 Å². The van der Waals surface area contributed by atoms with E-state index >= 15 is 0 Å². The van der Waals surface area contributed by atoms with Gasteiger partial charge in [0.15, 0.2) is 0 Å². The van der Waals surface area contributed by atoms with E-state index in [0.29, 0.717) is 30.0 Å². The molecule has 0 unspecified atom stereocenters. The van der Waals surface area contributed by atoms with Gasteiger partial charge in [0.2, 0.25) is 0 Å². The van der Waals surface area contributed by atoms with Crippen LogP contribution in [0, 0.1) is 45.1 Å². The van der Waals surface area contributed by atoms with Crippen LogP contribution in [-0.4, -0.2) is 34.5 Å². The third-order valence-electron chi connectivity index (χ3n) is 17.0. The number of rotatable bonds is 11. The van der Waals surface area contributed by atoms with Crippen molar-refractivity contribution in [1.29, 1.82) is 0 Å². The molecule has 0 fully saturated rings. The highest BCUT2D eigenvalue weighted by molar-refractivity contribution is 7.20. The summed E-state index contributed by atoms with van der Waals surface area (Å²) in [5.41, 5.74) is 17.8. The number of methoxy groups -OCH3 is 1. The lowest BCUT2D eigenvalue weighted by molar-refractivity contribution is 0.415. The van der Waals surface area contributed by atoms with E-state index in [9.17, 15) is 13.2 Å². The molecule has 0 atom stereocenters. The van der Waals surface area contributed by atoms with E-state index in [1.165, 1.54) is 113 Å². The maximum absolute atomic E-state index is 14.4. The first kappa shape index (κ1) is 60.4. The van der Waals surface area contributed by atoms with Gasteiger partial charge >= 0.3 is 0 Å². The second-order valence-corrected chi connectivity index (χ2v) is 22.8. The molecular weight excluding hydrogens is 1070 g/mol. The van der Waals surface area contributed by atoms with E-state index < -0.39 is 29.7 Å². The Kier molecular flexibility index (Phi) is 19.4. The van der Waals surface area contributed by atoms with E-state index in [0.717, 1.165) is 5.46 Å². The molecule has 0 aliphatic carbocycles. The number of hydrogen-bond acceptors (Lipinski definition) is 1. The number of ether oxygens (including phenoxy) is 1. The van der Waals surface area contributed by atoms with Crippen molar-refractivity contribution in [3.8, 4) is 5.75 Å². The molecule has 0 saturated heterocycles. The standard InChI is InChI=1S/C28H28B.C25H19BF3O.C16H14B.C10H10B/c1-21-5-13-25(14-6-21)29(26-15-7-22(2)8-16-26,27-17-9-23(3)10-18-27)28-19-11-24(4)12-20-28;1-30-25-13-11-18(12-14-25)26(19-5-2-8-22(27)15-19,20-6-3-9-23(28)16-20)21-7-4-10-24(29)17-21;1-2-9-14(10-3-1)17-16-12-6-8-13-7-4-5-11-15(13)16;11-10-7-3-5-8-4-1-2-6-9(8)10/h5-20H,1-4H3;2-17H,1H3;1-12H,17H2;1-7H,11H3/q4*-1. The van der Waals surface area contributed by atoms with Gasteiger partial charge in [-0.2, -0.15) is 43.7 Å². The van der Waals surface area contributed by atoms with Crippen LogP contribution in [0.25, 0.3) is 21.5 Å². The Hall–Kier alpha value is -9.77. The molecule has 0 radical (unpaired) electrons. The maximum Gasteiger partial charge on any atom is 0.120 e.